The highest BCUT2D eigenvalue weighted by molar-refractivity contribution is 5.68. The smallest absolute Gasteiger partial charge is 0.410 e. The third-order valence-electron chi connectivity index (χ3n) is 5.16. The van der Waals surface area contributed by atoms with Gasteiger partial charge in [-0.1, -0.05) is 30.3 Å². The van der Waals surface area contributed by atoms with Gasteiger partial charge in [-0.25, -0.2) is 4.79 Å². The van der Waals surface area contributed by atoms with E-state index < -0.39 is 5.60 Å². The molecule has 1 heterocycles. The zero-order valence-corrected chi connectivity index (χ0v) is 17.9. The number of piperidine rings is 1. The molecule has 0 bridgehead atoms. The van der Waals surface area contributed by atoms with E-state index >= 15 is 0 Å². The molecule has 0 aromatic heterocycles. The molecule has 1 aliphatic rings. The van der Waals surface area contributed by atoms with Gasteiger partial charge in [-0.2, -0.15) is 0 Å². The topological polar surface area (TPSA) is 42.0 Å². The second-order valence-electron chi connectivity index (χ2n) is 8.51. The summed E-state index contributed by atoms with van der Waals surface area (Å²) in [4.78, 5) is 16.7. The first kappa shape index (κ1) is 21.0. The van der Waals surface area contributed by atoms with Gasteiger partial charge in [-0.05, 0) is 63.4 Å². The number of hydrogen-bond donors (Lipinski definition) is 0. The Morgan fingerprint density at radius 1 is 1.03 bits per heavy atom. The van der Waals surface area contributed by atoms with Gasteiger partial charge in [-0.3, -0.25) is 0 Å². The number of methoxy groups -OCH3 is 1. The number of ether oxygens (including phenoxy) is 2. The molecule has 0 aliphatic carbocycles. The van der Waals surface area contributed by atoms with E-state index in [-0.39, 0.29) is 6.09 Å². The summed E-state index contributed by atoms with van der Waals surface area (Å²) < 4.78 is 10.9. The molecule has 1 fully saturated rings. The van der Waals surface area contributed by atoms with Crippen molar-refractivity contribution in [2.24, 2.45) is 0 Å². The lowest BCUT2D eigenvalue weighted by molar-refractivity contribution is 0.0204. The van der Waals surface area contributed by atoms with Gasteiger partial charge in [0.05, 0.1) is 7.11 Å². The van der Waals surface area contributed by atoms with Crippen LogP contribution >= 0.6 is 0 Å². The van der Waals surface area contributed by atoms with Crippen LogP contribution in [0.5, 0.6) is 5.75 Å². The maximum Gasteiger partial charge on any atom is 0.410 e. The van der Waals surface area contributed by atoms with Crippen LogP contribution in [0.1, 0.15) is 39.2 Å². The quantitative estimate of drug-likeness (QED) is 0.705. The molecule has 0 spiro atoms. The van der Waals surface area contributed by atoms with Crippen molar-refractivity contribution in [3.8, 4) is 5.75 Å². The number of rotatable bonds is 5. The molecule has 5 nitrogen and oxygen atoms in total. The summed E-state index contributed by atoms with van der Waals surface area (Å²) in [5.41, 5.74) is 1.99. The molecule has 0 atom stereocenters. The van der Waals surface area contributed by atoms with Gasteiger partial charge in [0, 0.05) is 31.4 Å². The molecule has 0 N–H and O–H groups in total. The molecule has 1 saturated heterocycles. The first-order valence-electron chi connectivity index (χ1n) is 10.3. The van der Waals surface area contributed by atoms with Gasteiger partial charge in [0.15, 0.2) is 0 Å². The minimum atomic E-state index is -0.462. The number of likely N-dealkylation sites (tertiary alicyclic amines) is 1. The monoisotopic (exact) mass is 396 g/mol. The zero-order valence-electron chi connectivity index (χ0n) is 17.9. The van der Waals surface area contributed by atoms with Gasteiger partial charge in [0.2, 0.25) is 0 Å². The Kier molecular flexibility index (Phi) is 6.68. The average molecular weight is 397 g/mol. The van der Waals surface area contributed by atoms with E-state index in [0.717, 1.165) is 25.1 Å². The van der Waals surface area contributed by atoms with Crippen molar-refractivity contribution >= 4 is 11.8 Å². The highest BCUT2D eigenvalue weighted by Gasteiger charge is 2.29. The van der Waals surface area contributed by atoms with Crippen LogP contribution in [0.15, 0.2) is 54.6 Å². The van der Waals surface area contributed by atoms with Gasteiger partial charge >= 0.3 is 6.09 Å². The summed E-state index contributed by atoms with van der Waals surface area (Å²) in [6.45, 7) is 7.97. The van der Waals surface area contributed by atoms with Crippen molar-refractivity contribution in [3.05, 3.63) is 60.2 Å². The molecule has 0 radical (unpaired) electrons. The van der Waals surface area contributed by atoms with E-state index in [0.29, 0.717) is 19.1 Å². The van der Waals surface area contributed by atoms with Crippen LogP contribution in [-0.2, 0) is 11.3 Å². The maximum absolute atomic E-state index is 12.4. The molecule has 156 valence electrons. The minimum absolute atomic E-state index is 0.213. The lowest BCUT2D eigenvalue weighted by atomic mass is 10.0. The average Bonchev–Trinajstić information content (AvgIpc) is 2.72. The summed E-state index contributed by atoms with van der Waals surface area (Å²) in [5.74, 6) is 0.855. The lowest BCUT2D eigenvalue weighted by Gasteiger charge is -2.40. The molecule has 2 aromatic carbocycles. The molecule has 3 rings (SSSR count). The third-order valence-corrected chi connectivity index (χ3v) is 5.16. The predicted octanol–water partition coefficient (Wildman–Crippen LogP) is 5.10. The van der Waals surface area contributed by atoms with Crippen molar-refractivity contribution in [3.63, 3.8) is 0 Å². The Balaban J connectivity index is 1.72. The second-order valence-corrected chi connectivity index (χ2v) is 8.51. The number of carbonyl (C=O) groups is 1. The van der Waals surface area contributed by atoms with Crippen molar-refractivity contribution in [2.45, 2.75) is 51.8 Å². The highest BCUT2D eigenvalue weighted by atomic mass is 16.6. The summed E-state index contributed by atoms with van der Waals surface area (Å²) in [6.07, 6.45) is 1.62. The number of nitrogens with zero attached hydrogens (tertiary/aromatic N) is 2. The van der Waals surface area contributed by atoms with Crippen LogP contribution in [0.4, 0.5) is 10.5 Å². The Morgan fingerprint density at radius 2 is 1.66 bits per heavy atom. The molecule has 0 saturated carbocycles. The van der Waals surface area contributed by atoms with E-state index in [1.54, 1.807) is 7.11 Å². The SMILES string of the molecule is COc1ccc(N(Cc2ccccc2)C2CCN(C(=O)OC(C)(C)C)CC2)cc1. The van der Waals surface area contributed by atoms with Gasteiger partial charge in [-0.15, -0.1) is 0 Å². The first-order chi connectivity index (χ1) is 13.9. The fraction of sp³-hybridized carbons (Fsp3) is 0.458. The van der Waals surface area contributed by atoms with Crippen LogP contribution < -0.4 is 9.64 Å². The lowest BCUT2D eigenvalue weighted by Crippen LogP contribution is -2.48. The molecule has 29 heavy (non-hydrogen) atoms. The molecular weight excluding hydrogens is 364 g/mol. The van der Waals surface area contributed by atoms with Crippen LogP contribution in [0.2, 0.25) is 0 Å². The largest absolute Gasteiger partial charge is 0.497 e. The Morgan fingerprint density at radius 3 is 2.21 bits per heavy atom. The number of carbonyl (C=O) groups excluding carboxylic acids is 1. The van der Waals surface area contributed by atoms with E-state index in [2.05, 4.69) is 41.3 Å². The summed E-state index contributed by atoms with van der Waals surface area (Å²) in [6, 6.07) is 19.1. The first-order valence-corrected chi connectivity index (χ1v) is 10.3. The van der Waals surface area contributed by atoms with Crippen LogP contribution in [0.3, 0.4) is 0 Å². The van der Waals surface area contributed by atoms with Crippen LogP contribution in [-0.4, -0.2) is 42.8 Å². The summed E-state index contributed by atoms with van der Waals surface area (Å²) >= 11 is 0. The van der Waals surface area contributed by atoms with E-state index in [1.165, 1.54) is 11.3 Å². The number of anilines is 1. The zero-order chi connectivity index (χ0) is 20.9. The minimum Gasteiger partial charge on any atom is -0.497 e. The molecule has 1 aliphatic heterocycles. The number of hydrogen-bond acceptors (Lipinski definition) is 4. The van der Waals surface area contributed by atoms with Gasteiger partial charge in [0.25, 0.3) is 0 Å². The van der Waals surface area contributed by atoms with E-state index in [9.17, 15) is 4.79 Å². The summed E-state index contributed by atoms with van der Waals surface area (Å²) in [7, 11) is 1.68. The van der Waals surface area contributed by atoms with E-state index in [4.69, 9.17) is 9.47 Å². The molecular formula is C24H32N2O3. The standard InChI is InChI=1S/C24H32N2O3/c1-24(2,3)29-23(27)25-16-14-21(15-17-25)26(18-19-8-6-5-7-9-19)20-10-12-22(28-4)13-11-20/h5-13,21H,14-18H2,1-4H3. The maximum atomic E-state index is 12.4. The predicted molar refractivity (Wildman–Crippen MR) is 116 cm³/mol. The van der Waals surface area contributed by atoms with E-state index in [1.807, 2.05) is 43.9 Å². The number of benzene rings is 2. The number of amides is 1. The molecule has 2 aromatic rings. The van der Waals surface area contributed by atoms with Gasteiger partial charge < -0.3 is 19.3 Å². The Labute approximate surface area is 174 Å². The molecule has 0 unspecified atom stereocenters. The Bertz CT molecular complexity index is 776. The Hall–Kier alpha value is -2.69. The normalized spacial score (nSPS) is 15.1. The third kappa shape index (κ3) is 5.89. The second kappa shape index (κ2) is 9.21. The van der Waals surface area contributed by atoms with Crippen molar-refractivity contribution in [1.82, 2.24) is 4.90 Å². The van der Waals surface area contributed by atoms with Crippen molar-refractivity contribution < 1.29 is 14.3 Å². The molecule has 5 heteroatoms. The fourth-order valence-corrected chi connectivity index (χ4v) is 3.67. The highest BCUT2D eigenvalue weighted by Crippen LogP contribution is 2.28. The summed E-state index contributed by atoms with van der Waals surface area (Å²) in [5, 5.41) is 0. The van der Waals surface area contributed by atoms with Gasteiger partial charge in [0.1, 0.15) is 11.4 Å². The van der Waals surface area contributed by atoms with Crippen LogP contribution in [0, 0.1) is 0 Å². The molecule has 1 amide bonds. The van der Waals surface area contributed by atoms with Crippen molar-refractivity contribution in [2.75, 3.05) is 25.1 Å². The fourth-order valence-electron chi connectivity index (χ4n) is 3.67. The van der Waals surface area contributed by atoms with Crippen LogP contribution in [0.25, 0.3) is 0 Å². The van der Waals surface area contributed by atoms with Crippen molar-refractivity contribution in [1.29, 1.82) is 0 Å².